The summed E-state index contributed by atoms with van der Waals surface area (Å²) in [4.78, 5) is 0. The number of halogens is 1. The lowest BCUT2D eigenvalue weighted by molar-refractivity contribution is -0.0260. The lowest BCUT2D eigenvalue weighted by Gasteiger charge is -2.30. The zero-order valence-electron chi connectivity index (χ0n) is 11.0. The van der Waals surface area contributed by atoms with Crippen molar-refractivity contribution in [3.8, 4) is 0 Å². The summed E-state index contributed by atoms with van der Waals surface area (Å²) in [6.45, 7) is 5.21. The summed E-state index contributed by atoms with van der Waals surface area (Å²) < 4.78 is 27.4. The Morgan fingerprint density at radius 1 is 1.18 bits per heavy atom. The molecule has 7 heteroatoms. The minimum atomic E-state index is -3.65. The first-order valence-corrected chi connectivity index (χ1v) is 7.82. The van der Waals surface area contributed by atoms with Crippen LogP contribution < -0.4 is 0 Å². The minimum absolute atomic E-state index is 0.0763. The standard InChI is InChI=1S/C10H22ClO5P/c1-9(2,3)15-17(11,13)16-10(4,5)8-14-7-6-12/h12H,6-8H2,1-5H3. The van der Waals surface area contributed by atoms with Crippen LogP contribution in [0.15, 0.2) is 0 Å². The van der Waals surface area contributed by atoms with Gasteiger partial charge in [-0.15, -0.1) is 0 Å². The first-order valence-electron chi connectivity index (χ1n) is 5.37. The van der Waals surface area contributed by atoms with Gasteiger partial charge in [-0.1, -0.05) is 0 Å². The van der Waals surface area contributed by atoms with Gasteiger partial charge in [0, 0.05) is 11.2 Å². The second-order valence-electron chi connectivity index (χ2n) is 5.26. The first kappa shape index (κ1) is 17.4. The molecule has 0 aliphatic carbocycles. The molecule has 0 aromatic carbocycles. The fourth-order valence-electron chi connectivity index (χ4n) is 1.05. The number of hydrogen-bond acceptors (Lipinski definition) is 5. The van der Waals surface area contributed by atoms with E-state index in [9.17, 15) is 4.57 Å². The highest BCUT2D eigenvalue weighted by atomic mass is 35.7. The maximum absolute atomic E-state index is 11.9. The Labute approximate surface area is 108 Å². The quantitative estimate of drug-likeness (QED) is 0.576. The second-order valence-corrected chi connectivity index (χ2v) is 7.73. The molecule has 1 N–H and O–H groups in total. The van der Waals surface area contributed by atoms with E-state index >= 15 is 0 Å². The molecule has 1 unspecified atom stereocenters. The van der Waals surface area contributed by atoms with Gasteiger partial charge < -0.3 is 9.84 Å². The van der Waals surface area contributed by atoms with Crippen molar-refractivity contribution in [2.45, 2.75) is 45.8 Å². The summed E-state index contributed by atoms with van der Waals surface area (Å²) >= 11 is 5.72. The smallest absolute Gasteiger partial charge is 0.394 e. The molecule has 5 nitrogen and oxygen atoms in total. The third kappa shape index (κ3) is 10.0. The Morgan fingerprint density at radius 3 is 2.12 bits per heavy atom. The highest BCUT2D eigenvalue weighted by Crippen LogP contribution is 2.58. The van der Waals surface area contributed by atoms with Gasteiger partial charge in [0.25, 0.3) is 0 Å². The summed E-state index contributed by atoms with van der Waals surface area (Å²) in [5, 5.41) is 8.58. The topological polar surface area (TPSA) is 65.0 Å². The number of rotatable bonds is 7. The fraction of sp³-hybridized carbons (Fsp3) is 1.00. The van der Waals surface area contributed by atoms with E-state index in [1.165, 1.54) is 0 Å². The average Bonchev–Trinajstić information content (AvgIpc) is 1.96. The van der Waals surface area contributed by atoms with Gasteiger partial charge in [0.05, 0.1) is 31.0 Å². The summed E-state index contributed by atoms with van der Waals surface area (Å²) in [6, 6.07) is 0. The summed E-state index contributed by atoms with van der Waals surface area (Å²) in [6.07, 6.45) is 0. The molecule has 0 aliphatic rings. The molecule has 0 saturated heterocycles. The first-order chi connectivity index (χ1) is 7.47. The molecule has 0 bridgehead atoms. The van der Waals surface area contributed by atoms with Crippen LogP contribution in [0.25, 0.3) is 0 Å². The SMILES string of the molecule is CC(C)(C)OP(=O)(Cl)OC(C)(C)COCCO. The number of aliphatic hydroxyl groups excluding tert-OH is 1. The van der Waals surface area contributed by atoms with E-state index in [0.717, 1.165) is 0 Å². The Bertz CT molecular complexity index is 274. The van der Waals surface area contributed by atoms with Gasteiger partial charge in [-0.3, -0.25) is 9.05 Å². The van der Waals surface area contributed by atoms with E-state index in [1.807, 2.05) is 0 Å². The van der Waals surface area contributed by atoms with E-state index in [0.29, 0.717) is 0 Å². The third-order valence-corrected chi connectivity index (χ3v) is 3.32. The Kier molecular flexibility index (Phi) is 6.64. The van der Waals surface area contributed by atoms with Crippen LogP contribution in [0, 0.1) is 0 Å². The van der Waals surface area contributed by atoms with Crippen molar-refractivity contribution >= 4 is 18.2 Å². The number of ether oxygens (including phenoxy) is 1. The zero-order chi connectivity index (χ0) is 13.7. The molecule has 0 aromatic heterocycles. The highest BCUT2D eigenvalue weighted by molar-refractivity contribution is 7.81. The van der Waals surface area contributed by atoms with E-state index < -0.39 is 18.2 Å². The van der Waals surface area contributed by atoms with Crippen molar-refractivity contribution in [2.75, 3.05) is 19.8 Å². The molecule has 0 spiro atoms. The molecule has 0 heterocycles. The molecule has 0 aliphatic heterocycles. The Morgan fingerprint density at radius 2 is 1.71 bits per heavy atom. The van der Waals surface area contributed by atoms with Crippen LogP contribution in [0.2, 0.25) is 0 Å². The van der Waals surface area contributed by atoms with Crippen molar-refractivity contribution in [2.24, 2.45) is 0 Å². The molecule has 104 valence electrons. The van der Waals surface area contributed by atoms with E-state index in [4.69, 9.17) is 30.1 Å². The maximum atomic E-state index is 11.9. The maximum Gasteiger partial charge on any atom is 0.425 e. The van der Waals surface area contributed by atoms with Crippen molar-refractivity contribution in [1.29, 1.82) is 0 Å². The molecule has 0 radical (unpaired) electrons. The predicted octanol–water partition coefficient (Wildman–Crippen LogP) is 2.95. The monoisotopic (exact) mass is 288 g/mol. The van der Waals surface area contributed by atoms with Gasteiger partial charge in [-0.25, -0.2) is 4.57 Å². The fourth-order valence-corrected chi connectivity index (χ4v) is 3.57. The molecule has 0 saturated carbocycles. The lowest BCUT2D eigenvalue weighted by atomic mass is 10.2. The summed E-state index contributed by atoms with van der Waals surface area (Å²) in [5.41, 5.74) is -1.50. The predicted molar refractivity (Wildman–Crippen MR) is 67.4 cm³/mol. The van der Waals surface area contributed by atoms with E-state index in [1.54, 1.807) is 34.6 Å². The summed E-state index contributed by atoms with van der Waals surface area (Å²) in [7, 11) is 0. The molecular formula is C10H22ClO5P. The largest absolute Gasteiger partial charge is 0.425 e. The molecule has 1 atom stereocenters. The normalized spacial score (nSPS) is 16.9. The molecule has 17 heavy (non-hydrogen) atoms. The van der Waals surface area contributed by atoms with E-state index in [2.05, 4.69) is 0 Å². The Hall–Kier alpha value is 0.360. The van der Waals surface area contributed by atoms with Crippen molar-refractivity contribution in [3.63, 3.8) is 0 Å². The van der Waals surface area contributed by atoms with E-state index in [-0.39, 0.29) is 19.8 Å². The zero-order valence-corrected chi connectivity index (χ0v) is 12.7. The molecule has 0 rings (SSSR count). The minimum Gasteiger partial charge on any atom is -0.394 e. The van der Waals surface area contributed by atoms with Gasteiger partial charge in [-0.2, -0.15) is 0 Å². The van der Waals surface area contributed by atoms with Crippen LogP contribution in [-0.2, 0) is 18.3 Å². The second kappa shape index (κ2) is 6.50. The van der Waals surface area contributed by atoms with Crippen molar-refractivity contribution < 1.29 is 23.5 Å². The van der Waals surface area contributed by atoms with Gasteiger partial charge in [0.2, 0.25) is 0 Å². The van der Waals surface area contributed by atoms with Crippen LogP contribution in [0.4, 0.5) is 0 Å². The van der Waals surface area contributed by atoms with Gasteiger partial charge in [0.1, 0.15) is 0 Å². The van der Waals surface area contributed by atoms with Crippen LogP contribution in [-0.4, -0.2) is 36.1 Å². The van der Waals surface area contributed by atoms with Gasteiger partial charge in [-0.05, 0) is 34.6 Å². The lowest BCUT2D eigenvalue weighted by Crippen LogP contribution is -2.31. The van der Waals surface area contributed by atoms with Gasteiger partial charge in [0.15, 0.2) is 0 Å². The summed E-state index contributed by atoms with van der Waals surface area (Å²) in [5.74, 6) is 0. The van der Waals surface area contributed by atoms with Gasteiger partial charge >= 0.3 is 6.95 Å². The van der Waals surface area contributed by atoms with Crippen LogP contribution in [0.5, 0.6) is 0 Å². The average molecular weight is 289 g/mol. The third-order valence-electron chi connectivity index (χ3n) is 1.42. The van der Waals surface area contributed by atoms with Crippen LogP contribution in [0.3, 0.4) is 0 Å². The molecule has 0 aromatic rings. The van der Waals surface area contributed by atoms with Crippen LogP contribution >= 0.6 is 18.2 Å². The highest BCUT2D eigenvalue weighted by Gasteiger charge is 2.35. The van der Waals surface area contributed by atoms with Crippen molar-refractivity contribution in [3.05, 3.63) is 0 Å². The number of hydrogen-bond donors (Lipinski definition) is 1. The molecule has 0 amide bonds. The molecular weight excluding hydrogens is 267 g/mol. The number of aliphatic hydroxyl groups is 1. The Balaban J connectivity index is 4.33. The molecule has 0 fully saturated rings. The van der Waals surface area contributed by atoms with Crippen molar-refractivity contribution in [1.82, 2.24) is 0 Å². The van der Waals surface area contributed by atoms with Crippen LogP contribution in [0.1, 0.15) is 34.6 Å².